The highest BCUT2D eigenvalue weighted by molar-refractivity contribution is 5.96. The van der Waals surface area contributed by atoms with Crippen LogP contribution in [0.1, 0.15) is 62.4 Å². The van der Waals surface area contributed by atoms with Gasteiger partial charge in [0.25, 0.3) is 5.91 Å². The highest BCUT2D eigenvalue weighted by Crippen LogP contribution is 2.32. The summed E-state index contributed by atoms with van der Waals surface area (Å²) in [5.74, 6) is -1.31. The van der Waals surface area contributed by atoms with Gasteiger partial charge in [0.15, 0.2) is 0 Å². The van der Waals surface area contributed by atoms with Crippen molar-refractivity contribution in [3.8, 4) is 11.1 Å². The number of fused-ring (bicyclic) bond motifs is 1. The average molecular weight is 559 g/mol. The van der Waals surface area contributed by atoms with Gasteiger partial charge in [-0.15, -0.1) is 0 Å². The zero-order valence-corrected chi connectivity index (χ0v) is 22.4. The normalized spacial score (nSPS) is 13.8. The van der Waals surface area contributed by atoms with Gasteiger partial charge in [0.2, 0.25) is 0 Å². The van der Waals surface area contributed by atoms with Gasteiger partial charge in [-0.1, -0.05) is 54.6 Å². The van der Waals surface area contributed by atoms with Crippen molar-refractivity contribution in [2.45, 2.75) is 38.5 Å². The van der Waals surface area contributed by atoms with Gasteiger partial charge in [-0.3, -0.25) is 4.79 Å². The van der Waals surface area contributed by atoms with Gasteiger partial charge < -0.3 is 15.3 Å². The van der Waals surface area contributed by atoms with Crippen LogP contribution in [0.25, 0.3) is 11.1 Å². The van der Waals surface area contributed by atoms with Crippen molar-refractivity contribution in [2.24, 2.45) is 0 Å². The number of alkyl halides is 3. The molecule has 4 aromatic carbocycles. The van der Waals surface area contributed by atoms with Gasteiger partial charge in [-0.05, 0) is 84.0 Å². The summed E-state index contributed by atoms with van der Waals surface area (Å²) in [5.41, 5.74) is 5.02. The third kappa shape index (κ3) is 6.27. The Morgan fingerprint density at radius 3 is 2.44 bits per heavy atom. The van der Waals surface area contributed by atoms with Crippen LogP contribution in [0.2, 0.25) is 0 Å². The van der Waals surface area contributed by atoms with Gasteiger partial charge in [-0.2, -0.15) is 13.2 Å². The summed E-state index contributed by atoms with van der Waals surface area (Å²) in [5, 5.41) is 12.3. The van der Waals surface area contributed by atoms with E-state index in [0.717, 1.165) is 53.9 Å². The number of anilines is 1. The van der Waals surface area contributed by atoms with E-state index in [1.807, 2.05) is 42.5 Å². The molecule has 1 unspecified atom stereocenters. The fourth-order valence-electron chi connectivity index (χ4n) is 5.26. The number of aromatic carboxylic acids is 1. The quantitative estimate of drug-likeness (QED) is 0.246. The lowest BCUT2D eigenvalue weighted by Crippen LogP contribution is -2.30. The maximum Gasteiger partial charge on any atom is 0.416 e. The predicted octanol–water partition coefficient (Wildman–Crippen LogP) is 7.51. The summed E-state index contributed by atoms with van der Waals surface area (Å²) in [6, 6.07) is 24.7. The zero-order valence-electron chi connectivity index (χ0n) is 22.4. The van der Waals surface area contributed by atoms with E-state index in [4.69, 9.17) is 0 Å². The van der Waals surface area contributed by atoms with Crippen LogP contribution < -0.4 is 10.2 Å². The van der Waals surface area contributed by atoms with Gasteiger partial charge >= 0.3 is 12.1 Å². The number of carbonyl (C=O) groups excluding carboxylic acids is 1. The van der Waals surface area contributed by atoms with Crippen LogP contribution >= 0.6 is 0 Å². The molecular formula is C33H29F3N2O3. The Labute approximate surface area is 236 Å². The summed E-state index contributed by atoms with van der Waals surface area (Å²) >= 11 is 0. The molecular weight excluding hydrogens is 529 g/mol. The summed E-state index contributed by atoms with van der Waals surface area (Å²) < 4.78 is 39.3. The van der Waals surface area contributed by atoms with Crippen molar-refractivity contribution in [1.29, 1.82) is 0 Å². The average Bonchev–Trinajstić information content (AvgIpc) is 2.97. The van der Waals surface area contributed by atoms with Gasteiger partial charge in [0.1, 0.15) is 0 Å². The van der Waals surface area contributed by atoms with Gasteiger partial charge in [-0.25, -0.2) is 4.79 Å². The maximum atomic E-state index is 13.1. The third-order valence-electron chi connectivity index (χ3n) is 7.41. The molecule has 0 radical (unpaired) electrons. The summed E-state index contributed by atoms with van der Waals surface area (Å²) in [4.78, 5) is 26.9. The maximum absolute atomic E-state index is 13.1. The lowest BCUT2D eigenvalue weighted by atomic mass is 9.97. The first kappa shape index (κ1) is 28.0. The molecule has 1 amide bonds. The largest absolute Gasteiger partial charge is 0.478 e. The SMILES string of the molecule is CC(NC(=O)c1ccc2c(c1)CCCN2Cc1ccc(-c2ccccc2C(=O)O)cc1)c1cccc(C(F)(F)F)c1. The van der Waals surface area contributed by atoms with Gasteiger partial charge in [0, 0.05) is 24.3 Å². The molecule has 0 bridgehead atoms. The number of carboxylic acid groups (broad SMARTS) is 1. The summed E-state index contributed by atoms with van der Waals surface area (Å²) in [7, 11) is 0. The summed E-state index contributed by atoms with van der Waals surface area (Å²) in [6.07, 6.45) is -2.71. The molecule has 0 saturated heterocycles. The number of rotatable bonds is 7. The number of carboxylic acids is 1. The summed E-state index contributed by atoms with van der Waals surface area (Å²) in [6.45, 7) is 3.18. The van der Waals surface area contributed by atoms with Gasteiger partial charge in [0.05, 0.1) is 17.2 Å². The fraction of sp³-hybridized carbons (Fsp3) is 0.212. The number of hydrogen-bond donors (Lipinski definition) is 2. The first-order valence-corrected chi connectivity index (χ1v) is 13.4. The number of nitrogens with one attached hydrogen (secondary N) is 1. The Morgan fingerprint density at radius 1 is 0.951 bits per heavy atom. The lowest BCUT2D eigenvalue weighted by Gasteiger charge is -2.32. The Morgan fingerprint density at radius 2 is 1.71 bits per heavy atom. The third-order valence-corrected chi connectivity index (χ3v) is 7.41. The van der Waals surface area contributed by atoms with Crippen LogP contribution in [-0.2, 0) is 19.1 Å². The molecule has 1 aliphatic heterocycles. The number of halogens is 3. The molecule has 41 heavy (non-hydrogen) atoms. The minimum absolute atomic E-state index is 0.259. The Hall–Kier alpha value is -4.59. The van der Waals surface area contributed by atoms with Crippen molar-refractivity contribution in [3.63, 3.8) is 0 Å². The molecule has 8 heteroatoms. The number of aryl methyl sites for hydroxylation is 1. The Kier molecular flexibility index (Phi) is 7.83. The number of carbonyl (C=O) groups is 2. The van der Waals surface area contributed by atoms with Crippen molar-refractivity contribution in [3.05, 3.63) is 124 Å². The van der Waals surface area contributed by atoms with E-state index in [1.54, 1.807) is 37.3 Å². The molecule has 0 spiro atoms. The number of nitrogens with zero attached hydrogens (tertiary/aromatic N) is 1. The molecule has 2 N–H and O–H groups in total. The molecule has 4 aromatic rings. The van der Waals surface area contributed by atoms with Crippen molar-refractivity contribution < 1.29 is 27.9 Å². The van der Waals surface area contributed by atoms with Crippen LogP contribution in [0.3, 0.4) is 0 Å². The van der Waals surface area contributed by atoms with E-state index in [2.05, 4.69) is 10.2 Å². The highest BCUT2D eigenvalue weighted by atomic mass is 19.4. The van der Waals surface area contributed by atoms with E-state index in [0.29, 0.717) is 23.2 Å². The molecule has 5 nitrogen and oxygen atoms in total. The predicted molar refractivity (Wildman–Crippen MR) is 152 cm³/mol. The topological polar surface area (TPSA) is 69.6 Å². The molecule has 0 saturated carbocycles. The number of amides is 1. The second kappa shape index (κ2) is 11.5. The first-order valence-electron chi connectivity index (χ1n) is 13.4. The standard InChI is InChI=1S/C33H29F3N2O3/c1-21(24-6-4-8-27(19-24)33(34,35)36)37-31(39)26-15-16-30-25(18-26)7-5-17-38(30)20-22-11-13-23(14-12-22)28-9-2-3-10-29(28)32(40)41/h2-4,6,8-16,18-19,21H,5,7,17,20H2,1H3,(H,37,39)(H,40,41). The molecule has 0 aliphatic carbocycles. The smallest absolute Gasteiger partial charge is 0.416 e. The van der Waals surface area contributed by atoms with Crippen LogP contribution in [0, 0.1) is 0 Å². The van der Waals surface area contributed by atoms with Crippen LogP contribution in [0.4, 0.5) is 18.9 Å². The molecule has 0 aromatic heterocycles. The molecule has 0 fully saturated rings. The van der Waals surface area contributed by atoms with Crippen molar-refractivity contribution >= 4 is 17.6 Å². The zero-order chi connectivity index (χ0) is 29.1. The van der Waals surface area contributed by atoms with E-state index >= 15 is 0 Å². The molecule has 1 aliphatic rings. The van der Waals surface area contributed by atoms with Crippen LogP contribution in [-0.4, -0.2) is 23.5 Å². The highest BCUT2D eigenvalue weighted by Gasteiger charge is 2.31. The second-order valence-electron chi connectivity index (χ2n) is 10.2. The molecule has 1 atom stereocenters. The van der Waals surface area contributed by atoms with E-state index in [9.17, 15) is 27.9 Å². The van der Waals surface area contributed by atoms with Crippen LogP contribution in [0.5, 0.6) is 0 Å². The van der Waals surface area contributed by atoms with Crippen molar-refractivity contribution in [2.75, 3.05) is 11.4 Å². The number of benzene rings is 4. The van der Waals surface area contributed by atoms with E-state index in [-0.39, 0.29) is 11.5 Å². The van der Waals surface area contributed by atoms with E-state index < -0.39 is 23.8 Å². The molecule has 210 valence electrons. The fourth-order valence-corrected chi connectivity index (χ4v) is 5.26. The second-order valence-corrected chi connectivity index (χ2v) is 10.2. The monoisotopic (exact) mass is 558 g/mol. The Bertz CT molecular complexity index is 1580. The minimum Gasteiger partial charge on any atom is -0.478 e. The van der Waals surface area contributed by atoms with E-state index in [1.165, 1.54) is 6.07 Å². The van der Waals surface area contributed by atoms with Crippen molar-refractivity contribution in [1.82, 2.24) is 5.32 Å². The number of hydrogen-bond acceptors (Lipinski definition) is 3. The first-order chi connectivity index (χ1) is 19.6. The molecule has 1 heterocycles. The minimum atomic E-state index is -4.45. The van der Waals surface area contributed by atoms with Crippen LogP contribution in [0.15, 0.2) is 91.0 Å². The Balaban J connectivity index is 1.28. The lowest BCUT2D eigenvalue weighted by molar-refractivity contribution is -0.137. The molecule has 5 rings (SSSR count).